The zero-order valence-corrected chi connectivity index (χ0v) is 16.7. The van der Waals surface area contributed by atoms with Gasteiger partial charge in [0.15, 0.2) is 5.13 Å². The number of amides is 1. The molecule has 1 aromatic heterocycles. The highest BCUT2D eigenvalue weighted by molar-refractivity contribution is 7.22. The predicted octanol–water partition coefficient (Wildman–Crippen LogP) is 3.06. The Morgan fingerprint density at radius 3 is 2.50 bits per heavy atom. The first kappa shape index (κ1) is 18.9. The summed E-state index contributed by atoms with van der Waals surface area (Å²) >= 11 is 1.51. The number of carbonyl (C=O) groups excluding carboxylic acids is 1. The molecule has 1 aliphatic heterocycles. The fraction of sp³-hybridized carbons (Fsp3) is 0.333. The number of piperazine rings is 1. The van der Waals surface area contributed by atoms with E-state index in [1.165, 1.54) is 16.9 Å². The molecular formula is C21H24N4O2S. The number of benzene rings is 2. The van der Waals surface area contributed by atoms with Crippen molar-refractivity contribution in [1.29, 1.82) is 0 Å². The molecule has 0 aliphatic carbocycles. The SMILES string of the molecule is COc1ccc(CN2CCN(CC(=O)Nc3nc4ccccc4s3)CC2)cc1. The van der Waals surface area contributed by atoms with Crippen LogP contribution in [0.4, 0.5) is 5.13 Å². The molecule has 0 atom stereocenters. The van der Waals surface area contributed by atoms with Crippen molar-refractivity contribution < 1.29 is 9.53 Å². The second-order valence-electron chi connectivity index (χ2n) is 6.94. The number of thiazole rings is 1. The van der Waals surface area contributed by atoms with Crippen LogP contribution in [0.2, 0.25) is 0 Å². The summed E-state index contributed by atoms with van der Waals surface area (Å²) in [7, 11) is 1.68. The number of aromatic nitrogens is 1. The third-order valence-corrected chi connectivity index (χ3v) is 5.89. The maximum atomic E-state index is 12.4. The summed E-state index contributed by atoms with van der Waals surface area (Å²) in [5.41, 5.74) is 2.21. The minimum atomic E-state index is 0.00246. The van der Waals surface area contributed by atoms with E-state index >= 15 is 0 Å². The van der Waals surface area contributed by atoms with Crippen LogP contribution >= 0.6 is 11.3 Å². The zero-order chi connectivity index (χ0) is 19.3. The van der Waals surface area contributed by atoms with Gasteiger partial charge in [-0.25, -0.2) is 4.98 Å². The molecule has 2 heterocycles. The lowest BCUT2D eigenvalue weighted by molar-refractivity contribution is -0.117. The Morgan fingerprint density at radius 2 is 1.79 bits per heavy atom. The highest BCUT2D eigenvalue weighted by Crippen LogP contribution is 2.25. The topological polar surface area (TPSA) is 57.7 Å². The van der Waals surface area contributed by atoms with E-state index in [-0.39, 0.29) is 5.91 Å². The van der Waals surface area contributed by atoms with Crippen LogP contribution in [0.3, 0.4) is 0 Å². The van der Waals surface area contributed by atoms with Gasteiger partial charge in [0.25, 0.3) is 0 Å². The van der Waals surface area contributed by atoms with Gasteiger partial charge >= 0.3 is 0 Å². The normalized spacial score (nSPS) is 15.6. The molecule has 4 rings (SSSR count). The largest absolute Gasteiger partial charge is 0.497 e. The van der Waals surface area contributed by atoms with E-state index < -0.39 is 0 Å². The lowest BCUT2D eigenvalue weighted by atomic mass is 10.2. The van der Waals surface area contributed by atoms with Gasteiger partial charge in [-0.1, -0.05) is 35.6 Å². The van der Waals surface area contributed by atoms with Gasteiger partial charge in [0.2, 0.25) is 5.91 Å². The summed E-state index contributed by atoms with van der Waals surface area (Å²) in [6, 6.07) is 16.1. The van der Waals surface area contributed by atoms with Crippen molar-refractivity contribution in [2.75, 3.05) is 45.2 Å². The van der Waals surface area contributed by atoms with Gasteiger partial charge in [0.05, 0.1) is 23.9 Å². The lowest BCUT2D eigenvalue weighted by Crippen LogP contribution is -2.48. The molecule has 0 spiro atoms. The van der Waals surface area contributed by atoms with Crippen molar-refractivity contribution in [3.05, 3.63) is 54.1 Å². The molecule has 2 aromatic carbocycles. The fourth-order valence-electron chi connectivity index (χ4n) is 3.38. The van der Waals surface area contributed by atoms with Gasteiger partial charge in [0.1, 0.15) is 5.75 Å². The number of hydrogen-bond donors (Lipinski definition) is 1. The summed E-state index contributed by atoms with van der Waals surface area (Å²) in [6.07, 6.45) is 0. The molecule has 0 unspecified atom stereocenters. The molecule has 0 saturated carbocycles. The Kier molecular flexibility index (Phi) is 5.85. The summed E-state index contributed by atoms with van der Waals surface area (Å²) in [5, 5.41) is 3.61. The molecule has 1 fully saturated rings. The zero-order valence-electron chi connectivity index (χ0n) is 15.9. The quantitative estimate of drug-likeness (QED) is 0.694. The van der Waals surface area contributed by atoms with E-state index in [1.54, 1.807) is 7.11 Å². The number of carbonyl (C=O) groups is 1. The summed E-state index contributed by atoms with van der Waals surface area (Å²) < 4.78 is 6.30. The molecule has 3 aromatic rings. The van der Waals surface area contributed by atoms with Crippen LogP contribution in [0.15, 0.2) is 48.5 Å². The van der Waals surface area contributed by atoms with Gasteiger partial charge in [-0.2, -0.15) is 0 Å². The summed E-state index contributed by atoms with van der Waals surface area (Å²) in [4.78, 5) is 21.5. The van der Waals surface area contributed by atoms with Crippen LogP contribution < -0.4 is 10.1 Å². The Labute approximate surface area is 168 Å². The molecule has 1 N–H and O–H groups in total. The fourth-order valence-corrected chi connectivity index (χ4v) is 4.26. The lowest BCUT2D eigenvalue weighted by Gasteiger charge is -2.34. The molecule has 0 bridgehead atoms. The number of nitrogens with one attached hydrogen (secondary N) is 1. The number of rotatable bonds is 6. The van der Waals surface area contributed by atoms with Crippen LogP contribution in [0.25, 0.3) is 10.2 Å². The van der Waals surface area contributed by atoms with Crippen molar-refractivity contribution in [2.45, 2.75) is 6.54 Å². The first-order valence-corrected chi connectivity index (χ1v) is 10.2. The van der Waals surface area contributed by atoms with Gasteiger partial charge in [-0.05, 0) is 29.8 Å². The first-order chi connectivity index (χ1) is 13.7. The van der Waals surface area contributed by atoms with E-state index in [0.717, 1.165) is 48.7 Å². The van der Waals surface area contributed by atoms with E-state index in [2.05, 4.69) is 32.2 Å². The second kappa shape index (κ2) is 8.68. The standard InChI is InChI=1S/C21H24N4O2S/c1-27-17-8-6-16(7-9-17)14-24-10-12-25(13-11-24)15-20(26)23-21-22-18-4-2-3-5-19(18)28-21/h2-9H,10-15H2,1H3,(H,22,23,26). The molecule has 0 radical (unpaired) electrons. The molecule has 1 aliphatic rings. The third-order valence-electron chi connectivity index (χ3n) is 4.94. The first-order valence-electron chi connectivity index (χ1n) is 9.43. The molecule has 1 saturated heterocycles. The number of para-hydroxylation sites is 1. The van der Waals surface area contributed by atoms with Gasteiger partial charge in [-0.3, -0.25) is 14.6 Å². The number of ether oxygens (including phenoxy) is 1. The van der Waals surface area contributed by atoms with E-state index in [9.17, 15) is 4.79 Å². The van der Waals surface area contributed by atoms with Gasteiger partial charge < -0.3 is 10.1 Å². The molecular weight excluding hydrogens is 372 g/mol. The highest BCUT2D eigenvalue weighted by Gasteiger charge is 2.19. The van der Waals surface area contributed by atoms with Gasteiger partial charge in [0, 0.05) is 32.7 Å². The molecule has 1 amide bonds. The van der Waals surface area contributed by atoms with Crippen LogP contribution in [0, 0.1) is 0 Å². The van der Waals surface area contributed by atoms with Crippen LogP contribution in [-0.4, -0.2) is 60.5 Å². The predicted molar refractivity (Wildman–Crippen MR) is 113 cm³/mol. The number of methoxy groups -OCH3 is 1. The summed E-state index contributed by atoms with van der Waals surface area (Å²) in [5.74, 6) is 0.885. The number of anilines is 1. The number of hydrogen-bond acceptors (Lipinski definition) is 6. The second-order valence-corrected chi connectivity index (χ2v) is 7.97. The van der Waals surface area contributed by atoms with Crippen LogP contribution in [0.1, 0.15) is 5.56 Å². The van der Waals surface area contributed by atoms with E-state index in [4.69, 9.17) is 4.74 Å². The smallest absolute Gasteiger partial charge is 0.240 e. The Morgan fingerprint density at radius 1 is 1.07 bits per heavy atom. The van der Waals surface area contributed by atoms with Crippen LogP contribution in [0.5, 0.6) is 5.75 Å². The maximum Gasteiger partial charge on any atom is 0.240 e. The third kappa shape index (κ3) is 4.67. The van der Waals surface area contributed by atoms with Crippen molar-refractivity contribution in [3.63, 3.8) is 0 Å². The molecule has 28 heavy (non-hydrogen) atoms. The minimum Gasteiger partial charge on any atom is -0.497 e. The van der Waals surface area contributed by atoms with Crippen LogP contribution in [-0.2, 0) is 11.3 Å². The maximum absolute atomic E-state index is 12.4. The van der Waals surface area contributed by atoms with Crippen molar-refractivity contribution in [3.8, 4) is 5.75 Å². The van der Waals surface area contributed by atoms with Crippen molar-refractivity contribution in [1.82, 2.24) is 14.8 Å². The molecule has 146 valence electrons. The average Bonchev–Trinajstić information content (AvgIpc) is 3.12. The van der Waals surface area contributed by atoms with E-state index in [1.807, 2.05) is 36.4 Å². The minimum absolute atomic E-state index is 0.00246. The molecule has 6 nitrogen and oxygen atoms in total. The highest BCUT2D eigenvalue weighted by atomic mass is 32.1. The number of nitrogens with zero attached hydrogens (tertiary/aromatic N) is 3. The average molecular weight is 397 g/mol. The summed E-state index contributed by atoms with van der Waals surface area (Å²) in [6.45, 7) is 5.04. The Bertz CT molecular complexity index is 900. The van der Waals surface area contributed by atoms with Crippen molar-refractivity contribution in [2.24, 2.45) is 0 Å². The monoisotopic (exact) mass is 396 g/mol. The molecule has 7 heteroatoms. The Balaban J connectivity index is 1.23. The van der Waals surface area contributed by atoms with E-state index in [0.29, 0.717) is 11.7 Å². The number of fused-ring (bicyclic) bond motifs is 1. The Hall–Kier alpha value is -2.48. The van der Waals surface area contributed by atoms with Crippen molar-refractivity contribution >= 4 is 32.6 Å². The van der Waals surface area contributed by atoms with Gasteiger partial charge in [-0.15, -0.1) is 0 Å².